The number of aliphatic carboxylic acids is 1. The Hall–Kier alpha value is -5.60. The van der Waals surface area contributed by atoms with E-state index in [9.17, 15) is 37.5 Å². The van der Waals surface area contributed by atoms with E-state index in [1.54, 1.807) is 52.5 Å². The molecule has 3 amide bonds. The van der Waals surface area contributed by atoms with Crippen LogP contribution in [0.3, 0.4) is 0 Å². The number of rotatable bonds is 12. The molecule has 65 heavy (non-hydrogen) atoms. The second kappa shape index (κ2) is 23.5. The third-order valence-corrected chi connectivity index (χ3v) is 11.4. The summed E-state index contributed by atoms with van der Waals surface area (Å²) in [6.07, 6.45) is 5.29. The second-order valence-corrected chi connectivity index (χ2v) is 18.9. The first kappa shape index (κ1) is 52.0. The Bertz CT molecular complexity index is 2020. The van der Waals surface area contributed by atoms with E-state index < -0.39 is 53.8 Å². The van der Waals surface area contributed by atoms with Crippen molar-refractivity contribution in [1.82, 2.24) is 9.80 Å². The number of carbonyl (C=O) groups excluding carboxylic acids is 5. The number of para-hydroxylation sites is 2. The molecular weight excluding hydrogens is 839 g/mol. The number of benzene rings is 2. The molecule has 2 aromatic rings. The summed E-state index contributed by atoms with van der Waals surface area (Å²) in [6, 6.07) is 14.6. The molecule has 13 nitrogen and oxygen atoms in total. The summed E-state index contributed by atoms with van der Waals surface area (Å²) >= 11 is 0. The summed E-state index contributed by atoms with van der Waals surface area (Å²) in [5.74, 6) is -2.09. The average Bonchev–Trinajstić information content (AvgIpc) is 4.05. The van der Waals surface area contributed by atoms with Gasteiger partial charge in [0.2, 0.25) is 0 Å². The highest BCUT2D eigenvalue weighted by Crippen LogP contribution is 2.30. The number of hydrogen-bond donors (Lipinski definition) is 2. The molecule has 0 aliphatic carbocycles. The number of ketones is 2. The molecule has 0 radical (unpaired) electrons. The predicted octanol–water partition coefficient (Wildman–Crippen LogP) is 9.08. The van der Waals surface area contributed by atoms with Crippen LogP contribution in [0.15, 0.2) is 72.8 Å². The summed E-state index contributed by atoms with van der Waals surface area (Å²) in [6.45, 7) is 15.5. The van der Waals surface area contributed by atoms with Crippen LogP contribution in [0.25, 0.3) is 0 Å². The number of alkyl halides is 2. The zero-order valence-electron chi connectivity index (χ0n) is 39.2. The summed E-state index contributed by atoms with van der Waals surface area (Å²) in [5.41, 5.74) is 3.41. The van der Waals surface area contributed by atoms with Gasteiger partial charge in [0.1, 0.15) is 23.5 Å². The number of carboxylic acids is 1. The van der Waals surface area contributed by atoms with Crippen LogP contribution >= 0.6 is 0 Å². The van der Waals surface area contributed by atoms with E-state index in [0.717, 1.165) is 35.2 Å². The van der Waals surface area contributed by atoms with E-state index in [-0.39, 0.29) is 68.1 Å². The number of nitrogens with one attached hydrogen (secondary N) is 1. The quantitative estimate of drug-likeness (QED) is 0.197. The predicted molar refractivity (Wildman–Crippen MR) is 246 cm³/mol. The molecule has 2 N–H and O–H groups in total. The Labute approximate surface area is 382 Å². The standard InChI is InChI=1S/C25H33FN2O4.C17H26FNO5.C8H9N/c1-5-17(10-11-23(30)27-13-12-18-8-6-7-9-20(18)27)14-22(29)21-15-19(26)16-28(21)24(31)32-25(2,3)4;1-5-11(6-7-15(21)22)8-14(20)13-9-12(18)10-19(13)16(23)24-17(2,3)4;1-2-4-8-7(3-1)5-6-9-8/h6-11,17,19,21H,5,12-16H2,1-4H3;6-7,11-13H,5,8-10H2,1-4H3,(H,21,22);1-4,9H,5-6H2/b11-10+;7-6+;/t17-,19-,21-;11-,12-,13-;/m00./s1. The van der Waals surface area contributed by atoms with Crippen LogP contribution in [-0.4, -0.2) is 112 Å². The van der Waals surface area contributed by atoms with E-state index in [2.05, 4.69) is 29.6 Å². The monoisotopic (exact) mass is 906 g/mol. The molecule has 2 saturated heterocycles. The summed E-state index contributed by atoms with van der Waals surface area (Å²) in [5, 5.41) is 12.0. The number of fused-ring (bicyclic) bond motifs is 2. The lowest BCUT2D eigenvalue weighted by Gasteiger charge is -2.28. The number of allylic oxidation sites excluding steroid dienone is 2. The van der Waals surface area contributed by atoms with Crippen molar-refractivity contribution in [2.45, 2.75) is 142 Å². The Morgan fingerprint density at radius 2 is 1.20 bits per heavy atom. The molecule has 4 heterocycles. The molecule has 4 aliphatic rings. The van der Waals surface area contributed by atoms with E-state index >= 15 is 0 Å². The van der Waals surface area contributed by atoms with Gasteiger partial charge in [-0.15, -0.1) is 0 Å². The number of carbonyl (C=O) groups is 6. The van der Waals surface area contributed by atoms with Crippen LogP contribution in [0.5, 0.6) is 0 Å². The van der Waals surface area contributed by atoms with Gasteiger partial charge in [-0.2, -0.15) is 0 Å². The fraction of sp³-hybridized carbons (Fsp3) is 0.560. The van der Waals surface area contributed by atoms with Gasteiger partial charge in [0.25, 0.3) is 5.91 Å². The van der Waals surface area contributed by atoms with Gasteiger partial charge < -0.3 is 24.8 Å². The van der Waals surface area contributed by atoms with Crippen molar-refractivity contribution in [1.29, 1.82) is 0 Å². The minimum absolute atomic E-state index is 0.0122. The molecule has 15 heteroatoms. The van der Waals surface area contributed by atoms with E-state index in [4.69, 9.17) is 14.6 Å². The Morgan fingerprint density at radius 3 is 1.68 bits per heavy atom. The molecule has 0 unspecified atom stereocenters. The van der Waals surface area contributed by atoms with Crippen molar-refractivity contribution in [3.8, 4) is 0 Å². The highest BCUT2D eigenvalue weighted by atomic mass is 19.1. The Kier molecular flexibility index (Phi) is 18.8. The molecule has 0 spiro atoms. The van der Waals surface area contributed by atoms with E-state index in [1.165, 1.54) is 34.7 Å². The van der Waals surface area contributed by atoms with E-state index in [0.29, 0.717) is 19.4 Å². The van der Waals surface area contributed by atoms with Crippen molar-refractivity contribution in [3.63, 3.8) is 0 Å². The van der Waals surface area contributed by atoms with Gasteiger partial charge in [-0.05, 0) is 108 Å². The van der Waals surface area contributed by atoms with Crippen LogP contribution in [-0.2, 0) is 41.5 Å². The van der Waals surface area contributed by atoms with Crippen LogP contribution in [0, 0.1) is 11.8 Å². The van der Waals surface area contributed by atoms with E-state index in [1.807, 2.05) is 38.1 Å². The van der Waals surface area contributed by atoms with Gasteiger partial charge in [0.15, 0.2) is 11.6 Å². The Morgan fingerprint density at radius 1 is 0.723 bits per heavy atom. The molecule has 0 aromatic heterocycles. The number of Topliss-reactive ketones (excluding diaryl/α,β-unsaturated/α-hetero) is 2. The van der Waals surface area contributed by atoms with Crippen molar-refractivity contribution in [3.05, 3.63) is 84.0 Å². The first-order valence-electron chi connectivity index (χ1n) is 22.7. The van der Waals surface area contributed by atoms with Gasteiger partial charge >= 0.3 is 18.2 Å². The van der Waals surface area contributed by atoms with Crippen LogP contribution in [0.2, 0.25) is 0 Å². The first-order chi connectivity index (χ1) is 30.6. The Balaban J connectivity index is 0.000000244. The molecule has 356 valence electrons. The number of nitrogens with zero attached hydrogens (tertiary/aromatic N) is 3. The van der Waals surface area contributed by atoms with Crippen LogP contribution < -0.4 is 10.2 Å². The van der Waals surface area contributed by atoms with Gasteiger partial charge in [-0.1, -0.05) is 62.4 Å². The molecule has 2 fully saturated rings. The molecule has 6 atom stereocenters. The molecule has 4 aliphatic heterocycles. The highest BCUT2D eigenvalue weighted by molar-refractivity contribution is 6.03. The number of anilines is 2. The number of hydrogen-bond acceptors (Lipinski definition) is 9. The molecular formula is C50H68F2N4O9. The average molecular weight is 907 g/mol. The molecule has 6 rings (SSSR count). The SMILES string of the molecule is CC[C@@H](/C=C/C(=O)N1CCc2ccccc21)CC(=O)[C@@H]1C[C@H](F)CN1C(=O)OC(C)(C)C.CC[C@@H](/C=C/C(=O)O)CC(=O)[C@@H]1C[C@H](F)CN1C(=O)OC(C)(C)C.c1ccc2c(c1)CCN2. The topological polar surface area (TPSA) is 163 Å². The maximum Gasteiger partial charge on any atom is 0.411 e. The lowest BCUT2D eigenvalue weighted by atomic mass is 9.94. The van der Waals surface area contributed by atoms with Crippen molar-refractivity contribution >= 4 is 47.0 Å². The third-order valence-electron chi connectivity index (χ3n) is 11.4. The fourth-order valence-electron chi connectivity index (χ4n) is 8.05. The number of carboxylic acid groups (broad SMARTS) is 1. The smallest absolute Gasteiger partial charge is 0.411 e. The normalized spacial score (nSPS) is 21.0. The summed E-state index contributed by atoms with van der Waals surface area (Å²) in [4.78, 5) is 77.5. The molecule has 2 aromatic carbocycles. The zero-order chi connectivity index (χ0) is 48.1. The zero-order valence-corrected chi connectivity index (χ0v) is 39.2. The van der Waals surface area contributed by atoms with Gasteiger partial charge in [0, 0.05) is 56.2 Å². The molecule has 0 saturated carbocycles. The lowest BCUT2D eigenvalue weighted by molar-refractivity contribution is -0.131. The fourth-order valence-corrected chi connectivity index (χ4v) is 8.05. The minimum Gasteiger partial charge on any atom is -0.478 e. The summed E-state index contributed by atoms with van der Waals surface area (Å²) < 4.78 is 38.4. The maximum atomic E-state index is 14.1. The van der Waals surface area contributed by atoms with Gasteiger partial charge in [0.05, 0.1) is 25.2 Å². The highest BCUT2D eigenvalue weighted by Gasteiger charge is 2.43. The summed E-state index contributed by atoms with van der Waals surface area (Å²) in [7, 11) is 0. The maximum absolute atomic E-state index is 14.1. The number of ether oxygens (including phenoxy) is 2. The van der Waals surface area contributed by atoms with Gasteiger partial charge in [-0.25, -0.2) is 23.2 Å². The van der Waals surface area contributed by atoms with Gasteiger partial charge in [-0.3, -0.25) is 24.2 Å². The molecule has 0 bridgehead atoms. The van der Waals surface area contributed by atoms with Crippen molar-refractivity contribution in [2.24, 2.45) is 11.8 Å². The number of amides is 3. The first-order valence-corrected chi connectivity index (χ1v) is 22.7. The number of likely N-dealkylation sites (tertiary alicyclic amines) is 2. The third kappa shape index (κ3) is 16.1. The van der Waals surface area contributed by atoms with Crippen LogP contribution in [0.4, 0.5) is 29.7 Å². The lowest BCUT2D eigenvalue weighted by Crippen LogP contribution is -2.43. The minimum atomic E-state index is -1.26. The second-order valence-electron chi connectivity index (χ2n) is 18.9. The van der Waals surface area contributed by atoms with Crippen molar-refractivity contribution < 1.29 is 52.1 Å². The number of halogens is 2. The van der Waals surface area contributed by atoms with Crippen LogP contribution in [0.1, 0.15) is 105 Å². The van der Waals surface area contributed by atoms with Crippen molar-refractivity contribution in [2.75, 3.05) is 36.4 Å². The largest absolute Gasteiger partial charge is 0.478 e.